The molecule has 0 aromatic heterocycles. The number of aliphatic imine (C=N–C) groups is 1. The van der Waals surface area contributed by atoms with Crippen LogP contribution in [0.5, 0.6) is 0 Å². The lowest BCUT2D eigenvalue weighted by atomic mass is 10.0. The Labute approximate surface area is 241 Å². The van der Waals surface area contributed by atoms with Gasteiger partial charge in [-0.3, -0.25) is 13.9 Å². The third-order valence-corrected chi connectivity index (χ3v) is 10.4. The molecule has 0 radical (unpaired) electrons. The molecule has 0 saturated heterocycles. The Morgan fingerprint density at radius 1 is 1.07 bits per heavy atom. The number of nitrogens with one attached hydrogen (secondary N) is 1. The van der Waals surface area contributed by atoms with Gasteiger partial charge in [0, 0.05) is 31.4 Å². The minimum absolute atomic E-state index is 0.165. The van der Waals surface area contributed by atoms with Gasteiger partial charge in [0.1, 0.15) is 0 Å². The largest absolute Gasteiger partial charge is 0.339 e. The molecule has 41 heavy (non-hydrogen) atoms. The summed E-state index contributed by atoms with van der Waals surface area (Å²) in [6.07, 6.45) is 0.131. The van der Waals surface area contributed by atoms with Crippen LogP contribution in [0.15, 0.2) is 69.0 Å². The summed E-state index contributed by atoms with van der Waals surface area (Å²) in [6, 6.07) is 12.0. The molecule has 0 saturated carbocycles. The molecule has 220 valence electrons. The number of hydrogen-bond acceptors (Lipinski definition) is 8. The van der Waals surface area contributed by atoms with Crippen LogP contribution in [-0.4, -0.2) is 69.9 Å². The fourth-order valence-corrected chi connectivity index (χ4v) is 7.32. The lowest BCUT2D eigenvalue weighted by Crippen LogP contribution is -2.50. The van der Waals surface area contributed by atoms with Crippen LogP contribution in [0.2, 0.25) is 0 Å². The van der Waals surface area contributed by atoms with Gasteiger partial charge in [-0.05, 0) is 76.3 Å². The Morgan fingerprint density at radius 2 is 1.73 bits per heavy atom. The lowest BCUT2D eigenvalue weighted by molar-refractivity contribution is -0.120. The number of anilines is 1. The molecule has 2 aromatic carbocycles. The highest BCUT2D eigenvalue weighted by molar-refractivity contribution is 7.93. The maximum atomic E-state index is 13.8. The zero-order valence-electron chi connectivity index (χ0n) is 23.5. The van der Waals surface area contributed by atoms with E-state index in [1.165, 1.54) is 37.4 Å². The van der Waals surface area contributed by atoms with Crippen LogP contribution in [0.25, 0.3) is 0 Å². The van der Waals surface area contributed by atoms with Gasteiger partial charge in [-0.25, -0.2) is 17.6 Å². The maximum absolute atomic E-state index is 13.8. The molecule has 1 atom stereocenters. The molecular weight excluding hydrogens is 568 g/mol. The molecule has 1 unspecified atom stereocenters. The molecule has 0 bridgehead atoms. The first kappa shape index (κ1) is 30.4. The molecule has 0 spiro atoms. The summed E-state index contributed by atoms with van der Waals surface area (Å²) < 4.78 is 59.5. The van der Waals surface area contributed by atoms with Crippen molar-refractivity contribution in [1.29, 1.82) is 0 Å². The van der Waals surface area contributed by atoms with Gasteiger partial charge in [0.2, 0.25) is 6.10 Å². The van der Waals surface area contributed by atoms with Crippen LogP contribution in [0.4, 0.5) is 5.69 Å². The fourth-order valence-electron chi connectivity index (χ4n) is 4.73. The molecule has 1 heterocycles. The van der Waals surface area contributed by atoms with Crippen LogP contribution in [0, 0.1) is 6.92 Å². The molecular formula is C28H34N4O7S2. The predicted molar refractivity (Wildman–Crippen MR) is 155 cm³/mol. The number of hydrogen-bond donors (Lipinski definition) is 1. The van der Waals surface area contributed by atoms with E-state index in [9.17, 15) is 26.4 Å². The van der Waals surface area contributed by atoms with E-state index in [2.05, 4.69) is 10.3 Å². The normalized spacial score (nSPS) is 17.4. The van der Waals surface area contributed by atoms with Crippen LogP contribution < -0.4 is 5.32 Å². The molecule has 1 aliphatic heterocycles. The number of aryl methyl sites for hydroxylation is 1. The van der Waals surface area contributed by atoms with E-state index in [1.54, 1.807) is 30.0 Å². The number of carbonyl (C=O) groups excluding carboxylic acids is 2. The molecule has 11 nitrogen and oxygen atoms in total. The number of sulfonamides is 1. The van der Waals surface area contributed by atoms with Crippen molar-refractivity contribution in [2.75, 3.05) is 25.5 Å². The van der Waals surface area contributed by atoms with E-state index in [4.69, 9.17) is 4.18 Å². The van der Waals surface area contributed by atoms with Crippen molar-refractivity contribution in [2.24, 2.45) is 4.99 Å². The van der Waals surface area contributed by atoms with Gasteiger partial charge >= 0.3 is 0 Å². The molecule has 13 heteroatoms. The van der Waals surface area contributed by atoms with Gasteiger partial charge in [0.25, 0.3) is 32.0 Å². The fraction of sp³-hybridized carbons (Fsp3) is 0.393. The number of rotatable bonds is 9. The Bertz CT molecular complexity index is 1610. The molecule has 1 aliphatic carbocycles. The number of benzene rings is 2. The number of nitrogens with zero attached hydrogens (tertiary/aromatic N) is 3. The Morgan fingerprint density at radius 3 is 2.39 bits per heavy atom. The number of amides is 2. The molecule has 4 rings (SSSR count). The molecule has 2 aliphatic rings. The average molecular weight is 603 g/mol. The van der Waals surface area contributed by atoms with E-state index < -0.39 is 32.2 Å². The van der Waals surface area contributed by atoms with Crippen molar-refractivity contribution < 1.29 is 30.6 Å². The third-order valence-electron chi connectivity index (χ3n) is 7.15. The molecule has 2 amide bonds. The van der Waals surface area contributed by atoms with E-state index in [1.807, 2.05) is 13.8 Å². The number of likely N-dealkylation sites (N-methyl/N-ethyl adjacent to an activating group) is 1. The summed E-state index contributed by atoms with van der Waals surface area (Å²) >= 11 is 0. The zero-order chi connectivity index (χ0) is 29.9. The number of carbonyl (C=O) groups is 2. The van der Waals surface area contributed by atoms with E-state index in [0.717, 1.165) is 4.31 Å². The molecule has 2 aromatic rings. The summed E-state index contributed by atoms with van der Waals surface area (Å²) in [7, 11) is -7.35. The quantitative estimate of drug-likeness (QED) is 0.432. The van der Waals surface area contributed by atoms with Gasteiger partial charge in [-0.15, -0.1) is 0 Å². The monoisotopic (exact) mass is 602 g/mol. The molecule has 1 N–H and O–H groups in total. The van der Waals surface area contributed by atoms with Crippen molar-refractivity contribution in [3.63, 3.8) is 0 Å². The predicted octanol–water partition coefficient (Wildman–Crippen LogP) is 3.65. The summed E-state index contributed by atoms with van der Waals surface area (Å²) in [6.45, 7) is 6.42. The summed E-state index contributed by atoms with van der Waals surface area (Å²) in [5.41, 5.74) is 1.47. The zero-order valence-corrected chi connectivity index (χ0v) is 25.1. The van der Waals surface area contributed by atoms with E-state index in [-0.39, 0.29) is 27.2 Å². The van der Waals surface area contributed by atoms with Crippen molar-refractivity contribution in [3.05, 3.63) is 70.3 Å². The second kappa shape index (κ2) is 12.1. The number of allylic oxidation sites excluding steroid dienone is 2. The van der Waals surface area contributed by atoms with Crippen LogP contribution >= 0.6 is 0 Å². The van der Waals surface area contributed by atoms with E-state index >= 15 is 0 Å². The highest BCUT2D eigenvalue weighted by Crippen LogP contribution is 2.35. The van der Waals surface area contributed by atoms with Crippen molar-refractivity contribution in [1.82, 2.24) is 9.21 Å². The first-order valence-electron chi connectivity index (χ1n) is 13.4. The third kappa shape index (κ3) is 6.21. The Kier molecular flexibility index (Phi) is 9.00. The molecule has 0 fully saturated rings. The Hall–Kier alpha value is -3.55. The minimum Gasteiger partial charge on any atom is -0.339 e. The summed E-state index contributed by atoms with van der Waals surface area (Å²) in [5, 5.41) is 2.65. The van der Waals surface area contributed by atoms with Crippen LogP contribution in [0.3, 0.4) is 0 Å². The highest BCUT2D eigenvalue weighted by atomic mass is 32.2. The van der Waals surface area contributed by atoms with Crippen LogP contribution in [0.1, 0.15) is 55.5 Å². The minimum atomic E-state index is -4.53. The van der Waals surface area contributed by atoms with Gasteiger partial charge in [-0.1, -0.05) is 24.3 Å². The van der Waals surface area contributed by atoms with Gasteiger partial charge in [0.15, 0.2) is 5.84 Å². The smallest absolute Gasteiger partial charge is 0.298 e. The van der Waals surface area contributed by atoms with Gasteiger partial charge in [0.05, 0.1) is 15.5 Å². The SMILES string of the molecule is CCN(CC)C(=O)c1ccc(C)c(NC(=O)C(OS(=O)(=O)c2ccccc2)C2=NC3=C(CCCC3)S(=O)(=O)N2C)c1. The topological polar surface area (TPSA) is 143 Å². The maximum Gasteiger partial charge on any atom is 0.298 e. The van der Waals surface area contributed by atoms with Crippen molar-refractivity contribution in [3.8, 4) is 0 Å². The number of amidine groups is 1. The average Bonchev–Trinajstić information content (AvgIpc) is 2.96. The van der Waals surface area contributed by atoms with E-state index in [0.29, 0.717) is 55.6 Å². The first-order valence-corrected chi connectivity index (χ1v) is 16.2. The van der Waals surface area contributed by atoms with Gasteiger partial charge < -0.3 is 10.2 Å². The summed E-state index contributed by atoms with van der Waals surface area (Å²) in [4.78, 5) is 32.8. The summed E-state index contributed by atoms with van der Waals surface area (Å²) in [5.74, 6) is -1.56. The Balaban J connectivity index is 1.77. The lowest BCUT2D eigenvalue weighted by Gasteiger charge is -2.33. The second-order valence-electron chi connectivity index (χ2n) is 9.76. The van der Waals surface area contributed by atoms with Crippen molar-refractivity contribution >= 4 is 43.5 Å². The standard InChI is InChI=1S/C28H34N4O7S2/c1-5-32(6-2)28(34)20-17-16-19(3)23(18-20)30-27(33)25(39-41(37,38)21-12-8-7-9-13-21)26-29-22-14-10-11-15-24(22)40(35,36)31(26)4/h7-9,12-13,16-18,25H,5-6,10-11,14-15H2,1-4H3,(H,30,33). The highest BCUT2D eigenvalue weighted by Gasteiger charge is 2.42. The second-order valence-corrected chi connectivity index (χ2v) is 13.3. The van der Waals surface area contributed by atoms with Gasteiger partial charge in [-0.2, -0.15) is 8.42 Å². The first-order chi connectivity index (χ1) is 19.4. The van der Waals surface area contributed by atoms with Crippen LogP contribution in [-0.2, 0) is 29.1 Å². The van der Waals surface area contributed by atoms with Crippen molar-refractivity contribution in [2.45, 2.75) is 57.5 Å².